The molecular weight excluding hydrogens is 373 g/mol. The van der Waals surface area contributed by atoms with E-state index in [-0.39, 0.29) is 17.2 Å². The van der Waals surface area contributed by atoms with E-state index < -0.39 is 17.5 Å². The van der Waals surface area contributed by atoms with Crippen molar-refractivity contribution in [2.75, 3.05) is 7.11 Å². The van der Waals surface area contributed by atoms with Crippen LogP contribution in [0.4, 0.5) is 13.2 Å². The monoisotopic (exact) mass is 404 g/mol. The van der Waals surface area contributed by atoms with Crippen molar-refractivity contribution in [1.82, 2.24) is 0 Å². The van der Waals surface area contributed by atoms with E-state index in [1.54, 1.807) is 18.2 Å². The summed E-state index contributed by atoms with van der Waals surface area (Å²) < 4.78 is 48.5. The Morgan fingerprint density at radius 1 is 0.897 bits per heavy atom. The van der Waals surface area contributed by atoms with E-state index in [4.69, 9.17) is 4.74 Å². The molecule has 158 valence electrons. The maximum atomic E-state index is 14.9. The molecule has 0 amide bonds. The molecular formula is C25H31F3O. The second kappa shape index (κ2) is 10.2. The van der Waals surface area contributed by atoms with Gasteiger partial charge >= 0.3 is 0 Å². The summed E-state index contributed by atoms with van der Waals surface area (Å²) >= 11 is 0. The molecule has 0 spiro atoms. The van der Waals surface area contributed by atoms with E-state index in [2.05, 4.69) is 6.92 Å². The third-order valence-electron chi connectivity index (χ3n) is 6.33. The molecule has 1 fully saturated rings. The van der Waals surface area contributed by atoms with Crippen molar-refractivity contribution in [1.29, 1.82) is 0 Å². The number of hydrogen-bond acceptors (Lipinski definition) is 1. The zero-order valence-corrected chi connectivity index (χ0v) is 17.4. The van der Waals surface area contributed by atoms with Crippen LogP contribution in [0.25, 0.3) is 11.1 Å². The molecule has 2 aromatic rings. The molecule has 1 aliphatic carbocycles. The van der Waals surface area contributed by atoms with Crippen LogP contribution in [0, 0.1) is 23.4 Å². The van der Waals surface area contributed by atoms with Gasteiger partial charge in [0.2, 0.25) is 0 Å². The Kier molecular flexibility index (Phi) is 7.63. The van der Waals surface area contributed by atoms with Gasteiger partial charge < -0.3 is 4.74 Å². The fourth-order valence-corrected chi connectivity index (χ4v) is 4.56. The topological polar surface area (TPSA) is 9.23 Å². The normalized spacial score (nSPS) is 19.3. The van der Waals surface area contributed by atoms with Gasteiger partial charge in [0.1, 0.15) is 0 Å². The number of hydrogen-bond donors (Lipinski definition) is 0. The molecule has 0 atom stereocenters. The van der Waals surface area contributed by atoms with Crippen LogP contribution in [0.3, 0.4) is 0 Å². The number of ether oxygens (including phenoxy) is 1. The van der Waals surface area contributed by atoms with Gasteiger partial charge in [-0.05, 0) is 60.8 Å². The number of methoxy groups -OCH3 is 1. The summed E-state index contributed by atoms with van der Waals surface area (Å²) in [5, 5.41) is 0. The van der Waals surface area contributed by atoms with Gasteiger partial charge in [0.25, 0.3) is 0 Å². The molecule has 0 aliphatic heterocycles. The van der Waals surface area contributed by atoms with Crippen molar-refractivity contribution < 1.29 is 17.9 Å². The van der Waals surface area contributed by atoms with E-state index in [0.717, 1.165) is 31.6 Å². The minimum atomic E-state index is -0.895. The Labute approximate surface area is 172 Å². The number of unbranched alkanes of at least 4 members (excludes halogenated alkanes) is 3. The standard InChI is InChI=1S/C25H31F3O/c1-3-4-5-6-7-17-8-10-18(11-9-17)20-13-14-21(25(28)24(20)27)19-12-15-23(29-2)22(26)16-19/h12-18H,3-11H2,1-2H3. The Morgan fingerprint density at radius 3 is 2.31 bits per heavy atom. The fraction of sp³-hybridized carbons (Fsp3) is 0.520. The van der Waals surface area contributed by atoms with Gasteiger partial charge in [-0.3, -0.25) is 0 Å². The summed E-state index contributed by atoms with van der Waals surface area (Å²) in [4.78, 5) is 0. The third-order valence-corrected chi connectivity index (χ3v) is 6.33. The molecule has 4 heteroatoms. The lowest BCUT2D eigenvalue weighted by Gasteiger charge is -2.29. The van der Waals surface area contributed by atoms with Crippen LogP contribution in [-0.4, -0.2) is 7.11 Å². The lowest BCUT2D eigenvalue weighted by atomic mass is 9.76. The van der Waals surface area contributed by atoms with Crippen LogP contribution in [0.5, 0.6) is 5.75 Å². The quantitative estimate of drug-likeness (QED) is 0.405. The molecule has 0 heterocycles. The van der Waals surface area contributed by atoms with E-state index in [0.29, 0.717) is 11.1 Å². The van der Waals surface area contributed by atoms with Gasteiger partial charge in [-0.15, -0.1) is 0 Å². The van der Waals surface area contributed by atoms with Gasteiger partial charge in [0.05, 0.1) is 7.11 Å². The molecule has 0 aromatic heterocycles. The van der Waals surface area contributed by atoms with Gasteiger partial charge in [-0.2, -0.15) is 0 Å². The van der Waals surface area contributed by atoms with Gasteiger partial charge in [0.15, 0.2) is 23.2 Å². The van der Waals surface area contributed by atoms with E-state index in [9.17, 15) is 13.2 Å². The first-order valence-corrected chi connectivity index (χ1v) is 10.9. The van der Waals surface area contributed by atoms with Crippen molar-refractivity contribution >= 4 is 0 Å². The van der Waals surface area contributed by atoms with Crippen LogP contribution in [0.1, 0.15) is 76.2 Å². The Hall–Kier alpha value is -1.97. The SMILES string of the molecule is CCCCCCC1CCC(c2ccc(-c3ccc(OC)c(F)c3)c(F)c2F)CC1. The lowest BCUT2D eigenvalue weighted by Crippen LogP contribution is -2.15. The number of halogens is 3. The van der Waals surface area contributed by atoms with Crippen LogP contribution in [0.2, 0.25) is 0 Å². The molecule has 1 aliphatic rings. The lowest BCUT2D eigenvalue weighted by molar-refractivity contribution is 0.297. The largest absolute Gasteiger partial charge is 0.494 e. The fourth-order valence-electron chi connectivity index (χ4n) is 4.56. The van der Waals surface area contributed by atoms with E-state index >= 15 is 0 Å². The maximum Gasteiger partial charge on any atom is 0.166 e. The van der Waals surface area contributed by atoms with Crippen LogP contribution in [-0.2, 0) is 0 Å². The Bertz CT molecular complexity index is 810. The van der Waals surface area contributed by atoms with Crippen molar-refractivity contribution in [2.24, 2.45) is 5.92 Å². The molecule has 0 radical (unpaired) electrons. The summed E-state index contributed by atoms with van der Waals surface area (Å²) in [5.74, 6) is -1.40. The second-order valence-corrected chi connectivity index (χ2v) is 8.25. The number of benzene rings is 2. The predicted molar refractivity (Wildman–Crippen MR) is 112 cm³/mol. The van der Waals surface area contributed by atoms with Gasteiger partial charge in [-0.25, -0.2) is 13.2 Å². The first-order chi connectivity index (χ1) is 14.0. The van der Waals surface area contributed by atoms with Gasteiger partial charge in [-0.1, -0.05) is 57.2 Å². The average molecular weight is 405 g/mol. The Morgan fingerprint density at radius 2 is 1.66 bits per heavy atom. The molecule has 0 saturated heterocycles. The van der Waals surface area contributed by atoms with Gasteiger partial charge in [0, 0.05) is 5.56 Å². The predicted octanol–water partition coefficient (Wildman–Crippen LogP) is 8.02. The highest BCUT2D eigenvalue weighted by Crippen LogP contribution is 2.40. The van der Waals surface area contributed by atoms with E-state index in [1.807, 2.05) is 0 Å². The zero-order chi connectivity index (χ0) is 20.8. The second-order valence-electron chi connectivity index (χ2n) is 8.25. The minimum Gasteiger partial charge on any atom is -0.494 e. The highest BCUT2D eigenvalue weighted by Gasteiger charge is 2.26. The van der Waals surface area contributed by atoms with Crippen LogP contribution < -0.4 is 4.74 Å². The highest BCUT2D eigenvalue weighted by molar-refractivity contribution is 5.66. The first kappa shape index (κ1) is 21.7. The molecule has 3 rings (SSSR count). The molecule has 0 unspecified atom stereocenters. The molecule has 0 N–H and O–H groups in total. The number of rotatable bonds is 8. The first-order valence-electron chi connectivity index (χ1n) is 10.9. The molecule has 29 heavy (non-hydrogen) atoms. The highest BCUT2D eigenvalue weighted by atomic mass is 19.2. The summed E-state index contributed by atoms with van der Waals surface area (Å²) in [6, 6.07) is 7.41. The molecule has 1 nitrogen and oxygen atoms in total. The van der Waals surface area contributed by atoms with Crippen LogP contribution >= 0.6 is 0 Å². The van der Waals surface area contributed by atoms with Crippen molar-refractivity contribution in [3.05, 3.63) is 53.3 Å². The zero-order valence-electron chi connectivity index (χ0n) is 17.4. The van der Waals surface area contributed by atoms with Crippen molar-refractivity contribution in [3.8, 4) is 16.9 Å². The minimum absolute atomic E-state index is 0.0676. The summed E-state index contributed by atoms with van der Waals surface area (Å²) in [5.41, 5.74) is 0.851. The van der Waals surface area contributed by atoms with Crippen molar-refractivity contribution in [2.45, 2.75) is 70.6 Å². The molecule has 2 aromatic carbocycles. The van der Waals surface area contributed by atoms with Crippen LogP contribution in [0.15, 0.2) is 30.3 Å². The average Bonchev–Trinajstić information content (AvgIpc) is 2.74. The smallest absolute Gasteiger partial charge is 0.166 e. The summed E-state index contributed by atoms with van der Waals surface area (Å²) in [6.45, 7) is 2.22. The van der Waals surface area contributed by atoms with E-state index in [1.165, 1.54) is 51.3 Å². The molecule has 1 saturated carbocycles. The van der Waals surface area contributed by atoms with Crippen molar-refractivity contribution in [3.63, 3.8) is 0 Å². The molecule has 0 bridgehead atoms. The third kappa shape index (κ3) is 5.15. The summed E-state index contributed by atoms with van der Waals surface area (Å²) in [7, 11) is 1.37. The summed E-state index contributed by atoms with van der Waals surface area (Å²) in [6.07, 6.45) is 10.4. The maximum absolute atomic E-state index is 14.9. The Balaban J connectivity index is 1.68.